The molecule has 0 fully saturated rings. The number of H-pyrrole nitrogens is 1. The van der Waals surface area contributed by atoms with Crippen molar-refractivity contribution in [3.05, 3.63) is 53.4 Å². The first-order chi connectivity index (χ1) is 9.06. The Morgan fingerprint density at radius 2 is 2.21 bits per heavy atom. The Labute approximate surface area is 110 Å². The van der Waals surface area contributed by atoms with Crippen LogP contribution < -0.4 is 0 Å². The Kier molecular flexibility index (Phi) is 3.66. The van der Waals surface area contributed by atoms with Crippen molar-refractivity contribution in [1.82, 2.24) is 9.97 Å². The molecule has 1 unspecified atom stereocenters. The van der Waals surface area contributed by atoms with Crippen molar-refractivity contribution in [3.8, 4) is 5.75 Å². The highest BCUT2D eigenvalue weighted by Gasteiger charge is 2.21. The minimum Gasteiger partial charge on any atom is -0.504 e. The lowest BCUT2D eigenvalue weighted by Gasteiger charge is -2.16. The first-order valence-corrected chi connectivity index (χ1v) is 5.88. The van der Waals surface area contributed by atoms with Crippen LogP contribution in [0.25, 0.3) is 5.57 Å². The minimum atomic E-state index is -1.05. The fraction of sp³-hybridized carbons (Fsp3) is 0.214. The van der Waals surface area contributed by atoms with Gasteiger partial charge in [0.15, 0.2) is 11.6 Å². The summed E-state index contributed by atoms with van der Waals surface area (Å²) >= 11 is 0. The van der Waals surface area contributed by atoms with Crippen molar-refractivity contribution in [2.45, 2.75) is 20.0 Å². The van der Waals surface area contributed by atoms with Crippen LogP contribution in [0, 0.1) is 5.82 Å². The van der Waals surface area contributed by atoms with Gasteiger partial charge in [0.05, 0.1) is 0 Å². The van der Waals surface area contributed by atoms with Crippen LogP contribution in [0.2, 0.25) is 0 Å². The summed E-state index contributed by atoms with van der Waals surface area (Å²) in [6.45, 7) is 3.52. The number of halogens is 1. The maximum Gasteiger partial charge on any atom is 0.165 e. The Hall–Kier alpha value is -2.14. The fourth-order valence-corrected chi connectivity index (χ4v) is 1.94. The largest absolute Gasteiger partial charge is 0.504 e. The van der Waals surface area contributed by atoms with Crippen LogP contribution in [0.1, 0.15) is 36.9 Å². The molecule has 0 aliphatic rings. The van der Waals surface area contributed by atoms with Crippen LogP contribution >= 0.6 is 0 Å². The minimum absolute atomic E-state index is 0.298. The van der Waals surface area contributed by atoms with Crippen LogP contribution in [0.5, 0.6) is 5.75 Å². The smallest absolute Gasteiger partial charge is 0.165 e. The lowest BCUT2D eigenvalue weighted by Crippen LogP contribution is -2.06. The highest BCUT2D eigenvalue weighted by Crippen LogP contribution is 2.35. The van der Waals surface area contributed by atoms with E-state index < -0.39 is 17.7 Å². The van der Waals surface area contributed by atoms with Gasteiger partial charge < -0.3 is 15.2 Å². The van der Waals surface area contributed by atoms with Crippen molar-refractivity contribution in [2.75, 3.05) is 0 Å². The third-order valence-electron chi connectivity index (χ3n) is 3.06. The number of hydrogen-bond acceptors (Lipinski definition) is 3. The maximum atomic E-state index is 13.5. The Morgan fingerprint density at radius 1 is 1.47 bits per heavy atom. The van der Waals surface area contributed by atoms with Gasteiger partial charge in [-0.25, -0.2) is 9.37 Å². The Bertz CT molecular complexity index is 606. The second-order valence-corrected chi connectivity index (χ2v) is 4.21. The van der Waals surface area contributed by atoms with Gasteiger partial charge in [0, 0.05) is 18.0 Å². The monoisotopic (exact) mass is 262 g/mol. The van der Waals surface area contributed by atoms with E-state index in [9.17, 15) is 14.6 Å². The van der Waals surface area contributed by atoms with E-state index in [-0.39, 0.29) is 0 Å². The molecule has 0 aliphatic carbocycles. The summed E-state index contributed by atoms with van der Waals surface area (Å²) in [5, 5.41) is 20.1. The van der Waals surface area contributed by atoms with E-state index in [0.29, 0.717) is 22.5 Å². The molecule has 0 radical (unpaired) electrons. The van der Waals surface area contributed by atoms with E-state index in [1.807, 2.05) is 0 Å². The lowest BCUT2D eigenvalue weighted by molar-refractivity contribution is 0.210. The van der Waals surface area contributed by atoms with Gasteiger partial charge in [-0.05, 0) is 31.1 Å². The van der Waals surface area contributed by atoms with Crippen LogP contribution in [0.15, 0.2) is 30.6 Å². The summed E-state index contributed by atoms with van der Waals surface area (Å²) in [5.74, 6) is -0.832. The molecule has 0 saturated heterocycles. The van der Waals surface area contributed by atoms with Gasteiger partial charge in [0.2, 0.25) is 0 Å². The molecular weight excluding hydrogens is 247 g/mol. The molecule has 0 bridgehead atoms. The number of phenols is 1. The number of aliphatic hydroxyl groups excluding tert-OH is 1. The van der Waals surface area contributed by atoms with E-state index in [1.54, 1.807) is 26.1 Å². The zero-order valence-electron chi connectivity index (χ0n) is 10.7. The third kappa shape index (κ3) is 2.37. The molecule has 0 saturated carbocycles. The second kappa shape index (κ2) is 5.24. The number of aliphatic hydroxyl groups is 1. The van der Waals surface area contributed by atoms with Gasteiger partial charge in [-0.1, -0.05) is 12.1 Å². The van der Waals surface area contributed by atoms with Crippen molar-refractivity contribution >= 4 is 5.57 Å². The number of imidazole rings is 1. The summed E-state index contributed by atoms with van der Waals surface area (Å²) in [4.78, 5) is 6.77. The number of aromatic amines is 1. The molecule has 1 aromatic heterocycles. The molecule has 2 aromatic rings. The molecule has 0 amide bonds. The zero-order valence-corrected chi connectivity index (χ0v) is 10.7. The van der Waals surface area contributed by atoms with Gasteiger partial charge >= 0.3 is 0 Å². The highest BCUT2D eigenvalue weighted by molar-refractivity contribution is 5.72. The molecule has 3 N–H and O–H groups in total. The van der Waals surface area contributed by atoms with E-state index in [0.717, 1.165) is 6.07 Å². The predicted octanol–water partition coefficient (Wildman–Crippen LogP) is 2.76. The number of phenolic OH excluding ortho intramolecular Hbond substituents is 1. The van der Waals surface area contributed by atoms with Crippen LogP contribution in [-0.4, -0.2) is 20.2 Å². The number of aromatic hydroxyl groups is 1. The highest BCUT2D eigenvalue weighted by atomic mass is 19.1. The second-order valence-electron chi connectivity index (χ2n) is 4.21. The summed E-state index contributed by atoms with van der Waals surface area (Å²) in [7, 11) is 0. The Morgan fingerprint density at radius 3 is 2.79 bits per heavy atom. The van der Waals surface area contributed by atoms with E-state index in [1.165, 1.54) is 12.3 Å². The van der Waals surface area contributed by atoms with Crippen LogP contribution in [0.4, 0.5) is 4.39 Å². The topological polar surface area (TPSA) is 69.1 Å². The maximum absolute atomic E-state index is 13.5. The molecular formula is C14H15FN2O2. The fourth-order valence-electron chi connectivity index (χ4n) is 1.94. The normalized spacial score (nSPS) is 13.6. The average molecular weight is 262 g/mol. The Balaban J connectivity index is 2.60. The average Bonchev–Trinajstić information content (AvgIpc) is 2.94. The molecule has 4 nitrogen and oxygen atoms in total. The first kappa shape index (κ1) is 13.3. The molecule has 1 heterocycles. The number of nitrogens with zero attached hydrogens (tertiary/aromatic N) is 1. The molecule has 0 spiro atoms. The van der Waals surface area contributed by atoms with Gasteiger partial charge in [-0.2, -0.15) is 0 Å². The quantitative estimate of drug-likeness (QED) is 0.796. The SMILES string of the molecule is C/C=C(/C)c1c(C(O)c2ncc[nH]2)ccc(F)c1O. The summed E-state index contributed by atoms with van der Waals surface area (Å²) in [5.41, 5.74) is 1.38. The standard InChI is InChI=1S/C14H15FN2O2/c1-3-8(2)11-9(4-5-10(15)13(11)19)12(18)14-16-6-7-17-14/h3-7,12,18-19H,1-2H3,(H,16,17)/b8-3-. The van der Waals surface area contributed by atoms with E-state index in [4.69, 9.17) is 0 Å². The van der Waals surface area contributed by atoms with E-state index >= 15 is 0 Å². The van der Waals surface area contributed by atoms with Gasteiger partial charge in [0.25, 0.3) is 0 Å². The number of benzene rings is 1. The van der Waals surface area contributed by atoms with Gasteiger partial charge in [-0.3, -0.25) is 0 Å². The van der Waals surface area contributed by atoms with Crippen LogP contribution in [0.3, 0.4) is 0 Å². The van der Waals surface area contributed by atoms with Gasteiger partial charge in [-0.15, -0.1) is 0 Å². The number of aromatic nitrogens is 2. The molecule has 2 rings (SSSR count). The van der Waals surface area contributed by atoms with E-state index in [2.05, 4.69) is 9.97 Å². The summed E-state index contributed by atoms with van der Waals surface area (Å²) in [6, 6.07) is 2.58. The summed E-state index contributed by atoms with van der Waals surface area (Å²) in [6.07, 6.45) is 3.80. The number of hydrogen-bond donors (Lipinski definition) is 3. The van der Waals surface area contributed by atoms with Crippen LogP contribution in [-0.2, 0) is 0 Å². The zero-order chi connectivity index (χ0) is 14.0. The lowest BCUT2D eigenvalue weighted by atomic mass is 9.95. The molecule has 0 aliphatic heterocycles. The predicted molar refractivity (Wildman–Crippen MR) is 70.0 cm³/mol. The van der Waals surface area contributed by atoms with Crippen molar-refractivity contribution < 1.29 is 14.6 Å². The molecule has 1 aromatic carbocycles. The number of allylic oxidation sites excluding steroid dienone is 2. The number of rotatable bonds is 3. The third-order valence-corrected chi connectivity index (χ3v) is 3.06. The van der Waals surface area contributed by atoms with Crippen molar-refractivity contribution in [2.24, 2.45) is 0 Å². The summed E-state index contributed by atoms with van der Waals surface area (Å²) < 4.78 is 13.5. The molecule has 100 valence electrons. The first-order valence-electron chi connectivity index (χ1n) is 5.88. The molecule has 1 atom stereocenters. The molecule has 5 heteroatoms. The number of nitrogens with one attached hydrogen (secondary N) is 1. The molecule has 19 heavy (non-hydrogen) atoms. The van der Waals surface area contributed by atoms with Crippen molar-refractivity contribution in [3.63, 3.8) is 0 Å². The van der Waals surface area contributed by atoms with Gasteiger partial charge in [0.1, 0.15) is 11.9 Å². The van der Waals surface area contributed by atoms with Crippen molar-refractivity contribution in [1.29, 1.82) is 0 Å².